The molecular formula is C16H18N2O3. The van der Waals surface area contributed by atoms with Crippen molar-refractivity contribution < 1.29 is 14.6 Å². The van der Waals surface area contributed by atoms with Crippen LogP contribution in [0.4, 0.5) is 0 Å². The van der Waals surface area contributed by atoms with Crippen LogP contribution in [0.2, 0.25) is 0 Å². The van der Waals surface area contributed by atoms with Gasteiger partial charge in [0.25, 0.3) is 5.91 Å². The summed E-state index contributed by atoms with van der Waals surface area (Å²) >= 11 is 0. The number of phenolic OH excluding ortho intramolecular Hbond substituents is 1. The highest BCUT2D eigenvalue weighted by molar-refractivity contribution is 5.97. The van der Waals surface area contributed by atoms with E-state index in [2.05, 4.69) is 5.32 Å². The highest BCUT2D eigenvalue weighted by atomic mass is 16.5. The van der Waals surface area contributed by atoms with E-state index in [1.807, 2.05) is 30.3 Å². The van der Waals surface area contributed by atoms with Crippen LogP contribution in [0.5, 0.6) is 11.5 Å². The molecule has 0 aliphatic carbocycles. The van der Waals surface area contributed by atoms with E-state index >= 15 is 0 Å². The van der Waals surface area contributed by atoms with Crippen LogP contribution in [0.1, 0.15) is 22.0 Å². The molecule has 0 spiro atoms. The van der Waals surface area contributed by atoms with Crippen LogP contribution >= 0.6 is 0 Å². The minimum absolute atomic E-state index is 0.125. The minimum Gasteiger partial charge on any atom is -0.507 e. The molecule has 1 amide bonds. The fourth-order valence-corrected chi connectivity index (χ4v) is 1.95. The number of ether oxygens (including phenoxy) is 1. The van der Waals surface area contributed by atoms with E-state index in [1.54, 1.807) is 6.07 Å². The third-order valence-electron chi connectivity index (χ3n) is 3.16. The Kier molecular flexibility index (Phi) is 4.79. The summed E-state index contributed by atoms with van der Waals surface area (Å²) in [6.45, 7) is 0.286. The van der Waals surface area contributed by atoms with Gasteiger partial charge in [0.05, 0.1) is 12.7 Å². The number of benzene rings is 2. The lowest BCUT2D eigenvalue weighted by atomic mass is 10.1. The average Bonchev–Trinajstić information content (AvgIpc) is 2.52. The first-order valence-corrected chi connectivity index (χ1v) is 6.57. The quantitative estimate of drug-likeness (QED) is 0.783. The molecule has 0 saturated carbocycles. The molecule has 5 heteroatoms. The molecule has 0 bridgehead atoms. The molecule has 0 fully saturated rings. The third kappa shape index (κ3) is 3.73. The predicted octanol–water partition coefficient (Wildman–Crippen LogP) is 1.83. The summed E-state index contributed by atoms with van der Waals surface area (Å²) in [5, 5.41) is 12.5. The second-order valence-electron chi connectivity index (χ2n) is 4.61. The molecule has 0 aromatic heterocycles. The van der Waals surface area contributed by atoms with Gasteiger partial charge in [0, 0.05) is 18.7 Å². The number of carbonyl (C=O) groups excluding carboxylic acids is 1. The Morgan fingerprint density at radius 2 is 2.00 bits per heavy atom. The maximum absolute atomic E-state index is 12.0. The Labute approximate surface area is 123 Å². The summed E-state index contributed by atoms with van der Waals surface area (Å²) in [5.74, 6) is -0.00768. The van der Waals surface area contributed by atoms with Crippen molar-refractivity contribution >= 4 is 5.91 Å². The van der Waals surface area contributed by atoms with Gasteiger partial charge in [0.1, 0.15) is 11.5 Å². The lowest BCUT2D eigenvalue weighted by Gasteiger charge is -2.13. The molecular weight excluding hydrogens is 268 g/mol. The topological polar surface area (TPSA) is 84.6 Å². The summed E-state index contributed by atoms with van der Waals surface area (Å²) in [6, 6.07) is 13.7. The minimum atomic E-state index is -0.374. The average molecular weight is 286 g/mol. The van der Waals surface area contributed by atoms with Crippen molar-refractivity contribution in [3.8, 4) is 11.5 Å². The molecule has 0 heterocycles. The highest BCUT2D eigenvalue weighted by Crippen LogP contribution is 2.23. The Morgan fingerprint density at radius 3 is 2.62 bits per heavy atom. The maximum atomic E-state index is 12.0. The van der Waals surface area contributed by atoms with Crippen molar-refractivity contribution in [3.63, 3.8) is 0 Å². The number of nitrogens with two attached hydrogens (primary N) is 1. The molecule has 4 N–H and O–H groups in total. The summed E-state index contributed by atoms with van der Waals surface area (Å²) in [4.78, 5) is 12.0. The van der Waals surface area contributed by atoms with E-state index in [4.69, 9.17) is 10.5 Å². The van der Waals surface area contributed by atoms with Gasteiger partial charge in [-0.3, -0.25) is 4.79 Å². The van der Waals surface area contributed by atoms with Gasteiger partial charge in [0.2, 0.25) is 0 Å². The normalized spacial score (nSPS) is 11.7. The number of phenols is 1. The zero-order valence-corrected chi connectivity index (χ0v) is 11.7. The summed E-state index contributed by atoms with van der Waals surface area (Å²) in [6.07, 6.45) is 0. The van der Waals surface area contributed by atoms with E-state index in [0.29, 0.717) is 5.75 Å². The van der Waals surface area contributed by atoms with E-state index in [-0.39, 0.29) is 29.8 Å². The molecule has 1 unspecified atom stereocenters. The monoisotopic (exact) mass is 286 g/mol. The van der Waals surface area contributed by atoms with Crippen LogP contribution in [0.3, 0.4) is 0 Å². The number of amides is 1. The van der Waals surface area contributed by atoms with Crippen LogP contribution < -0.4 is 15.8 Å². The van der Waals surface area contributed by atoms with Gasteiger partial charge in [-0.15, -0.1) is 0 Å². The standard InChI is InChI=1S/C16H18N2O3/c1-21-12-7-8-13(15(19)9-12)16(20)18-10-14(17)11-5-3-2-4-6-11/h2-9,14,19H,10,17H2,1H3,(H,18,20). The van der Waals surface area contributed by atoms with Crippen LogP contribution in [0.15, 0.2) is 48.5 Å². The zero-order chi connectivity index (χ0) is 15.2. The second-order valence-corrected chi connectivity index (χ2v) is 4.61. The molecule has 2 aromatic carbocycles. The van der Waals surface area contributed by atoms with Crippen LogP contribution in [0.25, 0.3) is 0 Å². The van der Waals surface area contributed by atoms with Gasteiger partial charge < -0.3 is 20.9 Å². The fourth-order valence-electron chi connectivity index (χ4n) is 1.95. The molecule has 5 nitrogen and oxygen atoms in total. The summed E-state index contributed by atoms with van der Waals surface area (Å²) < 4.78 is 4.97. The van der Waals surface area contributed by atoms with E-state index < -0.39 is 0 Å². The summed E-state index contributed by atoms with van der Waals surface area (Å²) in [5.41, 5.74) is 7.14. The van der Waals surface area contributed by atoms with Crippen LogP contribution in [-0.4, -0.2) is 24.7 Å². The number of aromatic hydroxyl groups is 1. The molecule has 0 radical (unpaired) electrons. The van der Waals surface area contributed by atoms with Crippen molar-refractivity contribution in [2.75, 3.05) is 13.7 Å². The van der Waals surface area contributed by atoms with Crippen molar-refractivity contribution in [2.45, 2.75) is 6.04 Å². The Morgan fingerprint density at radius 1 is 1.29 bits per heavy atom. The van der Waals surface area contributed by atoms with Gasteiger partial charge in [-0.2, -0.15) is 0 Å². The van der Waals surface area contributed by atoms with Gasteiger partial charge in [-0.1, -0.05) is 30.3 Å². The molecule has 110 valence electrons. The number of rotatable bonds is 5. The van der Waals surface area contributed by atoms with Gasteiger partial charge in [-0.25, -0.2) is 0 Å². The molecule has 0 aliphatic heterocycles. The number of hydrogen-bond donors (Lipinski definition) is 3. The van der Waals surface area contributed by atoms with E-state index in [0.717, 1.165) is 5.56 Å². The van der Waals surface area contributed by atoms with Crippen molar-refractivity contribution in [2.24, 2.45) is 5.73 Å². The van der Waals surface area contributed by atoms with Crippen LogP contribution in [-0.2, 0) is 0 Å². The summed E-state index contributed by atoms with van der Waals surface area (Å²) in [7, 11) is 1.49. The lowest BCUT2D eigenvalue weighted by molar-refractivity contribution is 0.0948. The Hall–Kier alpha value is -2.53. The molecule has 21 heavy (non-hydrogen) atoms. The predicted molar refractivity (Wildman–Crippen MR) is 80.4 cm³/mol. The first-order chi connectivity index (χ1) is 10.1. The number of hydrogen-bond acceptors (Lipinski definition) is 4. The first-order valence-electron chi connectivity index (χ1n) is 6.57. The van der Waals surface area contributed by atoms with Gasteiger partial charge in [-0.05, 0) is 17.7 Å². The molecule has 2 rings (SSSR count). The zero-order valence-electron chi connectivity index (χ0n) is 11.7. The van der Waals surface area contributed by atoms with Crippen molar-refractivity contribution in [1.82, 2.24) is 5.32 Å². The van der Waals surface area contributed by atoms with Crippen molar-refractivity contribution in [3.05, 3.63) is 59.7 Å². The van der Waals surface area contributed by atoms with Crippen LogP contribution in [0, 0.1) is 0 Å². The smallest absolute Gasteiger partial charge is 0.255 e. The Balaban J connectivity index is 1.99. The fraction of sp³-hybridized carbons (Fsp3) is 0.188. The van der Waals surface area contributed by atoms with Crippen molar-refractivity contribution in [1.29, 1.82) is 0 Å². The van der Waals surface area contributed by atoms with E-state index in [1.165, 1.54) is 19.2 Å². The molecule has 0 saturated heterocycles. The molecule has 2 aromatic rings. The Bertz CT molecular complexity index is 614. The third-order valence-corrected chi connectivity index (χ3v) is 3.16. The molecule has 0 aliphatic rings. The van der Waals surface area contributed by atoms with E-state index in [9.17, 15) is 9.90 Å². The number of methoxy groups -OCH3 is 1. The number of carbonyl (C=O) groups is 1. The second kappa shape index (κ2) is 6.76. The molecule has 1 atom stereocenters. The highest BCUT2D eigenvalue weighted by Gasteiger charge is 2.13. The SMILES string of the molecule is COc1ccc(C(=O)NCC(N)c2ccccc2)c(O)c1. The van der Waals surface area contributed by atoms with Gasteiger partial charge >= 0.3 is 0 Å². The largest absolute Gasteiger partial charge is 0.507 e. The number of nitrogens with one attached hydrogen (secondary N) is 1. The van der Waals surface area contributed by atoms with Gasteiger partial charge in [0.15, 0.2) is 0 Å². The lowest BCUT2D eigenvalue weighted by Crippen LogP contribution is -2.31. The maximum Gasteiger partial charge on any atom is 0.255 e. The first kappa shape index (κ1) is 14.9.